The quantitative estimate of drug-likeness (QED) is 0.676. The van der Waals surface area contributed by atoms with Crippen LogP contribution in [-0.4, -0.2) is 6.26 Å². The first-order valence-electron chi connectivity index (χ1n) is 5.45. The molecule has 0 radical (unpaired) electrons. The summed E-state index contributed by atoms with van der Waals surface area (Å²) in [4.78, 5) is 0.868. The van der Waals surface area contributed by atoms with E-state index >= 15 is 0 Å². The van der Waals surface area contributed by atoms with Crippen LogP contribution in [0.1, 0.15) is 5.56 Å². The third kappa shape index (κ3) is 2.95. The molecule has 0 saturated carbocycles. The molecule has 0 unspecified atom stereocenters. The molecule has 2 rings (SSSR count). The number of thioether (sulfide) groups is 1. The number of nitrogens with two attached hydrogens (primary N) is 1. The second-order valence-corrected chi connectivity index (χ2v) is 5.01. The summed E-state index contributed by atoms with van der Waals surface area (Å²) in [5.74, 6) is 0.975. The molecule has 0 bridgehead atoms. The Morgan fingerprint density at radius 2 is 2.05 bits per heavy atom. The Hall–Kier alpha value is -1.83. The van der Waals surface area contributed by atoms with Crippen molar-refractivity contribution in [2.75, 3.05) is 12.0 Å². The number of anilines is 1. The number of nitriles is 1. The van der Waals surface area contributed by atoms with Gasteiger partial charge in [-0.25, -0.2) is 0 Å². The molecule has 0 amide bonds. The van der Waals surface area contributed by atoms with E-state index in [1.54, 1.807) is 24.3 Å². The van der Waals surface area contributed by atoms with Gasteiger partial charge in [0.1, 0.15) is 23.1 Å². The largest absolute Gasteiger partial charge is 0.454 e. The fourth-order valence-electron chi connectivity index (χ4n) is 1.61. The highest BCUT2D eigenvalue weighted by molar-refractivity contribution is 7.98. The van der Waals surface area contributed by atoms with E-state index in [-0.39, 0.29) is 0 Å². The van der Waals surface area contributed by atoms with Crippen molar-refractivity contribution in [2.45, 2.75) is 4.90 Å². The molecule has 96 valence electrons. The summed E-state index contributed by atoms with van der Waals surface area (Å²) in [6.07, 6.45) is 1.91. The molecule has 2 N–H and O–H groups in total. The minimum absolute atomic E-state index is 0.436. The van der Waals surface area contributed by atoms with Gasteiger partial charge in [-0.05, 0) is 36.6 Å². The first-order chi connectivity index (χ1) is 9.15. The Kier molecular flexibility index (Phi) is 4.20. The number of benzene rings is 2. The molecule has 3 nitrogen and oxygen atoms in total. The lowest BCUT2D eigenvalue weighted by molar-refractivity contribution is 0.482. The van der Waals surface area contributed by atoms with Crippen LogP contribution in [0.15, 0.2) is 41.3 Å². The molecule has 0 atom stereocenters. The van der Waals surface area contributed by atoms with Crippen molar-refractivity contribution in [3.05, 3.63) is 47.0 Å². The lowest BCUT2D eigenvalue weighted by atomic mass is 10.2. The molecule has 5 heteroatoms. The Bertz CT molecular complexity index is 652. The summed E-state index contributed by atoms with van der Waals surface area (Å²) in [5.41, 5.74) is 6.77. The fraction of sp³-hybridized carbons (Fsp3) is 0.0714. The van der Waals surface area contributed by atoms with Gasteiger partial charge in [0.15, 0.2) is 0 Å². The van der Waals surface area contributed by atoms with Gasteiger partial charge in [-0.3, -0.25) is 0 Å². The Balaban J connectivity index is 2.41. The van der Waals surface area contributed by atoms with Crippen LogP contribution in [0.3, 0.4) is 0 Å². The van der Waals surface area contributed by atoms with Gasteiger partial charge in [-0.2, -0.15) is 5.26 Å². The van der Waals surface area contributed by atoms with Crippen molar-refractivity contribution in [1.82, 2.24) is 0 Å². The van der Waals surface area contributed by atoms with Crippen LogP contribution in [0.5, 0.6) is 11.5 Å². The van der Waals surface area contributed by atoms with Gasteiger partial charge in [0.2, 0.25) is 0 Å². The summed E-state index contributed by atoms with van der Waals surface area (Å²) in [6.45, 7) is 0. The smallest absolute Gasteiger partial charge is 0.150 e. The van der Waals surface area contributed by atoms with Crippen molar-refractivity contribution in [2.24, 2.45) is 0 Å². The Morgan fingerprint density at radius 1 is 1.26 bits per heavy atom. The molecule has 0 saturated heterocycles. The standard InChI is InChI=1S/C14H11ClN2OS/c1-19-14-4-2-3-12(10(14)8-16)18-13-6-5-9(15)7-11(13)17/h2-7H,17H2,1H3. The fourth-order valence-corrected chi connectivity index (χ4v) is 2.35. The maximum Gasteiger partial charge on any atom is 0.150 e. The predicted octanol–water partition coefficient (Wildman–Crippen LogP) is 4.31. The summed E-state index contributed by atoms with van der Waals surface area (Å²) in [5, 5.41) is 9.77. The SMILES string of the molecule is CSc1cccc(Oc2ccc(Cl)cc2N)c1C#N. The number of hydrogen-bond donors (Lipinski definition) is 1. The van der Waals surface area contributed by atoms with Crippen LogP contribution in [0.4, 0.5) is 5.69 Å². The first-order valence-corrected chi connectivity index (χ1v) is 7.06. The highest BCUT2D eigenvalue weighted by atomic mass is 35.5. The van der Waals surface area contributed by atoms with Gasteiger partial charge >= 0.3 is 0 Å². The number of rotatable bonds is 3. The van der Waals surface area contributed by atoms with E-state index in [4.69, 9.17) is 22.1 Å². The van der Waals surface area contributed by atoms with E-state index in [9.17, 15) is 5.26 Å². The van der Waals surface area contributed by atoms with Gasteiger partial charge in [0, 0.05) is 9.92 Å². The molecular formula is C14H11ClN2OS. The van der Waals surface area contributed by atoms with Crippen LogP contribution >= 0.6 is 23.4 Å². The minimum Gasteiger partial charge on any atom is -0.454 e. The predicted molar refractivity (Wildman–Crippen MR) is 78.9 cm³/mol. The molecule has 0 aromatic heterocycles. The summed E-state index contributed by atoms with van der Waals surface area (Å²) < 4.78 is 5.71. The van der Waals surface area contributed by atoms with Crippen LogP contribution in [0.2, 0.25) is 5.02 Å². The normalized spacial score (nSPS) is 9.95. The number of ether oxygens (including phenoxy) is 1. The molecule has 0 spiro atoms. The second-order valence-electron chi connectivity index (χ2n) is 3.73. The Morgan fingerprint density at radius 3 is 2.68 bits per heavy atom. The first kappa shape index (κ1) is 13.6. The molecule has 19 heavy (non-hydrogen) atoms. The molecule has 0 aliphatic heterocycles. The van der Waals surface area contributed by atoms with Gasteiger partial charge in [0.25, 0.3) is 0 Å². The average Bonchev–Trinajstić information content (AvgIpc) is 2.41. The van der Waals surface area contributed by atoms with Crippen molar-refractivity contribution < 1.29 is 4.74 Å². The van der Waals surface area contributed by atoms with Crippen molar-refractivity contribution in [1.29, 1.82) is 5.26 Å². The highest BCUT2D eigenvalue weighted by Gasteiger charge is 2.11. The molecule has 2 aromatic rings. The topological polar surface area (TPSA) is 59.0 Å². The zero-order chi connectivity index (χ0) is 13.8. The third-order valence-corrected chi connectivity index (χ3v) is 3.53. The van der Waals surface area contributed by atoms with Crippen molar-refractivity contribution in [3.8, 4) is 17.6 Å². The minimum atomic E-state index is 0.436. The molecular weight excluding hydrogens is 280 g/mol. The van der Waals surface area contributed by atoms with Gasteiger partial charge < -0.3 is 10.5 Å². The maximum absolute atomic E-state index is 9.23. The average molecular weight is 291 g/mol. The number of nitrogen functional groups attached to an aromatic ring is 1. The molecule has 2 aromatic carbocycles. The van der Waals surface area contributed by atoms with E-state index in [2.05, 4.69) is 6.07 Å². The van der Waals surface area contributed by atoms with Crippen LogP contribution in [0.25, 0.3) is 0 Å². The Labute approximate surface area is 120 Å². The number of halogens is 1. The van der Waals surface area contributed by atoms with E-state index in [1.165, 1.54) is 11.8 Å². The van der Waals surface area contributed by atoms with E-state index < -0.39 is 0 Å². The van der Waals surface area contributed by atoms with Crippen LogP contribution in [0, 0.1) is 11.3 Å². The lowest BCUT2D eigenvalue weighted by Crippen LogP contribution is -1.94. The van der Waals surface area contributed by atoms with E-state index in [1.807, 2.05) is 18.4 Å². The van der Waals surface area contributed by atoms with Gasteiger partial charge in [-0.1, -0.05) is 17.7 Å². The van der Waals surface area contributed by atoms with Crippen molar-refractivity contribution in [3.63, 3.8) is 0 Å². The second kappa shape index (κ2) is 5.87. The molecule has 0 aliphatic carbocycles. The highest BCUT2D eigenvalue weighted by Crippen LogP contribution is 2.34. The summed E-state index contributed by atoms with van der Waals surface area (Å²) in [6, 6.07) is 12.6. The maximum atomic E-state index is 9.23. The zero-order valence-corrected chi connectivity index (χ0v) is 11.8. The number of nitrogens with zero attached hydrogens (tertiary/aromatic N) is 1. The van der Waals surface area contributed by atoms with Gasteiger partial charge in [0.05, 0.1) is 5.69 Å². The van der Waals surface area contributed by atoms with Crippen molar-refractivity contribution >= 4 is 29.1 Å². The number of hydrogen-bond acceptors (Lipinski definition) is 4. The third-order valence-electron chi connectivity index (χ3n) is 2.51. The summed E-state index contributed by atoms with van der Waals surface area (Å²) >= 11 is 7.33. The molecule has 0 aliphatic rings. The molecule has 0 fully saturated rings. The van der Waals surface area contributed by atoms with E-state index in [0.29, 0.717) is 27.8 Å². The monoisotopic (exact) mass is 290 g/mol. The van der Waals surface area contributed by atoms with Crippen LogP contribution < -0.4 is 10.5 Å². The molecule has 0 heterocycles. The lowest BCUT2D eigenvalue weighted by Gasteiger charge is -2.11. The van der Waals surface area contributed by atoms with E-state index in [0.717, 1.165) is 4.90 Å². The van der Waals surface area contributed by atoms with Gasteiger partial charge in [-0.15, -0.1) is 11.8 Å². The summed E-state index contributed by atoms with van der Waals surface area (Å²) in [7, 11) is 0. The zero-order valence-electron chi connectivity index (χ0n) is 10.2. The van der Waals surface area contributed by atoms with Crippen LogP contribution in [-0.2, 0) is 0 Å².